The molecule has 3 rings (SSSR count). The van der Waals surface area contributed by atoms with Crippen LogP contribution in [0.4, 0.5) is 11.5 Å². The molecule has 1 aliphatic rings. The molecule has 2 unspecified atom stereocenters. The lowest BCUT2D eigenvalue weighted by molar-refractivity contribution is -0.384. The first kappa shape index (κ1) is 16.5. The number of benzene rings is 1. The summed E-state index contributed by atoms with van der Waals surface area (Å²) >= 11 is 1.95. The van der Waals surface area contributed by atoms with Gasteiger partial charge in [0.1, 0.15) is 5.82 Å². The lowest BCUT2D eigenvalue weighted by Gasteiger charge is -2.21. The Labute approximate surface area is 144 Å². The lowest BCUT2D eigenvalue weighted by Crippen LogP contribution is -2.26. The number of hydrogen-bond donors (Lipinski definition) is 1. The molecule has 24 heavy (non-hydrogen) atoms. The Morgan fingerprint density at radius 1 is 1.46 bits per heavy atom. The molecule has 1 aromatic carbocycles. The van der Waals surface area contributed by atoms with Crippen LogP contribution in [0.5, 0.6) is 0 Å². The van der Waals surface area contributed by atoms with Crippen molar-refractivity contribution in [1.29, 1.82) is 5.26 Å². The van der Waals surface area contributed by atoms with Crippen molar-refractivity contribution in [2.24, 2.45) is 0 Å². The average molecular weight is 342 g/mol. The van der Waals surface area contributed by atoms with Crippen molar-refractivity contribution in [1.82, 2.24) is 4.98 Å². The van der Waals surface area contributed by atoms with Crippen LogP contribution in [0.3, 0.4) is 0 Å². The SMILES string of the molecule is CCSC1CCCC1Nc1cc(C#N)c2cc([N+](=O)[O-])ccc2n1. The first-order chi connectivity index (χ1) is 11.6. The van der Waals surface area contributed by atoms with E-state index in [9.17, 15) is 15.4 Å². The van der Waals surface area contributed by atoms with Crippen molar-refractivity contribution in [3.05, 3.63) is 39.9 Å². The molecule has 0 radical (unpaired) electrons. The van der Waals surface area contributed by atoms with E-state index in [0.29, 0.717) is 33.6 Å². The van der Waals surface area contributed by atoms with Crippen LogP contribution in [0.1, 0.15) is 31.7 Å². The van der Waals surface area contributed by atoms with Crippen molar-refractivity contribution in [2.45, 2.75) is 37.5 Å². The minimum absolute atomic E-state index is 0.0308. The van der Waals surface area contributed by atoms with E-state index >= 15 is 0 Å². The molecule has 1 N–H and O–H groups in total. The van der Waals surface area contributed by atoms with Crippen molar-refractivity contribution in [2.75, 3.05) is 11.1 Å². The van der Waals surface area contributed by atoms with E-state index in [0.717, 1.165) is 12.2 Å². The minimum Gasteiger partial charge on any atom is -0.366 e. The number of non-ortho nitro benzene ring substituents is 1. The Morgan fingerprint density at radius 3 is 3.00 bits per heavy atom. The van der Waals surface area contributed by atoms with Gasteiger partial charge in [0.25, 0.3) is 5.69 Å². The Morgan fingerprint density at radius 2 is 2.29 bits per heavy atom. The summed E-state index contributed by atoms with van der Waals surface area (Å²) in [7, 11) is 0. The van der Waals surface area contributed by atoms with E-state index in [4.69, 9.17) is 0 Å². The number of nitrogens with zero attached hydrogens (tertiary/aromatic N) is 3. The zero-order valence-electron chi connectivity index (χ0n) is 13.4. The number of anilines is 1. The Bertz CT molecular complexity index is 818. The number of aromatic nitrogens is 1. The molecular formula is C17H18N4O2S. The second-order valence-electron chi connectivity index (χ2n) is 5.80. The molecule has 0 amide bonds. The molecule has 6 nitrogen and oxygen atoms in total. The molecule has 7 heteroatoms. The lowest BCUT2D eigenvalue weighted by atomic mass is 10.1. The fraction of sp³-hybridized carbons (Fsp3) is 0.412. The zero-order valence-corrected chi connectivity index (χ0v) is 14.2. The summed E-state index contributed by atoms with van der Waals surface area (Å²) in [5.74, 6) is 1.75. The van der Waals surface area contributed by atoms with Gasteiger partial charge in [-0.3, -0.25) is 10.1 Å². The first-order valence-corrected chi connectivity index (χ1v) is 9.04. The van der Waals surface area contributed by atoms with Crippen molar-refractivity contribution in [3.63, 3.8) is 0 Å². The van der Waals surface area contributed by atoms with Crippen LogP contribution in [0.15, 0.2) is 24.3 Å². The van der Waals surface area contributed by atoms with Crippen LogP contribution in [0, 0.1) is 21.4 Å². The molecule has 0 bridgehead atoms. The van der Waals surface area contributed by atoms with Crippen molar-refractivity contribution >= 4 is 34.2 Å². The predicted molar refractivity (Wildman–Crippen MR) is 96.3 cm³/mol. The molecule has 1 aliphatic carbocycles. The van der Waals surface area contributed by atoms with Crippen LogP contribution in [0.2, 0.25) is 0 Å². The van der Waals surface area contributed by atoms with E-state index in [-0.39, 0.29) is 5.69 Å². The number of thioether (sulfide) groups is 1. The number of nitro benzene ring substituents is 1. The summed E-state index contributed by atoms with van der Waals surface area (Å²) < 4.78 is 0. The Balaban J connectivity index is 1.94. The highest BCUT2D eigenvalue weighted by Gasteiger charge is 2.27. The highest BCUT2D eigenvalue weighted by Crippen LogP contribution is 2.32. The molecule has 2 aromatic rings. The molecule has 124 valence electrons. The molecular weight excluding hydrogens is 324 g/mol. The van der Waals surface area contributed by atoms with Gasteiger partial charge >= 0.3 is 0 Å². The molecule has 1 fully saturated rings. The van der Waals surface area contributed by atoms with Gasteiger partial charge in [-0.2, -0.15) is 17.0 Å². The fourth-order valence-corrected chi connectivity index (χ4v) is 4.39. The number of pyridine rings is 1. The number of fused-ring (bicyclic) bond motifs is 1. The number of nitriles is 1. The second-order valence-corrected chi connectivity index (χ2v) is 7.32. The monoisotopic (exact) mass is 342 g/mol. The van der Waals surface area contributed by atoms with Gasteiger partial charge in [0.2, 0.25) is 0 Å². The van der Waals surface area contributed by atoms with Gasteiger partial charge in [-0.1, -0.05) is 13.3 Å². The quantitative estimate of drug-likeness (QED) is 0.649. The average Bonchev–Trinajstić information content (AvgIpc) is 3.01. The van der Waals surface area contributed by atoms with Crippen molar-refractivity contribution < 1.29 is 4.92 Å². The maximum atomic E-state index is 10.9. The van der Waals surface area contributed by atoms with Gasteiger partial charge in [-0.15, -0.1) is 0 Å². The number of nitro groups is 1. The van der Waals surface area contributed by atoms with Gasteiger partial charge in [-0.25, -0.2) is 4.98 Å². The molecule has 0 spiro atoms. The third-order valence-electron chi connectivity index (χ3n) is 4.29. The fourth-order valence-electron chi connectivity index (χ4n) is 3.19. The zero-order chi connectivity index (χ0) is 17.1. The van der Waals surface area contributed by atoms with Gasteiger partial charge in [0.15, 0.2) is 0 Å². The molecule has 1 heterocycles. The largest absolute Gasteiger partial charge is 0.366 e. The standard InChI is InChI=1S/C17H18N4O2S/c1-2-24-16-5-3-4-15(16)20-17-8-11(10-18)13-9-12(21(22)23)6-7-14(13)19-17/h6-9,15-16H,2-5H2,1H3,(H,19,20). The van der Waals surface area contributed by atoms with E-state index in [1.165, 1.54) is 25.0 Å². The summed E-state index contributed by atoms with van der Waals surface area (Å²) in [6.45, 7) is 2.16. The van der Waals surface area contributed by atoms with E-state index in [1.807, 2.05) is 11.8 Å². The maximum absolute atomic E-state index is 10.9. The molecule has 0 saturated heterocycles. The summed E-state index contributed by atoms with van der Waals surface area (Å²) in [6, 6.07) is 8.61. The third kappa shape index (κ3) is 3.29. The van der Waals surface area contributed by atoms with Crippen LogP contribution in [0.25, 0.3) is 10.9 Å². The Kier molecular flexibility index (Phi) is 4.86. The van der Waals surface area contributed by atoms with Gasteiger partial charge in [0.05, 0.1) is 22.1 Å². The van der Waals surface area contributed by atoms with Crippen LogP contribution in [-0.2, 0) is 0 Å². The first-order valence-electron chi connectivity index (χ1n) is 7.99. The summed E-state index contributed by atoms with van der Waals surface area (Å²) in [4.78, 5) is 15.0. The molecule has 2 atom stereocenters. The number of hydrogen-bond acceptors (Lipinski definition) is 6. The predicted octanol–water partition coefficient (Wildman–Crippen LogP) is 4.10. The summed E-state index contributed by atoms with van der Waals surface area (Å²) in [5.41, 5.74) is 0.973. The highest BCUT2D eigenvalue weighted by atomic mass is 32.2. The maximum Gasteiger partial charge on any atom is 0.270 e. The third-order valence-corrected chi connectivity index (χ3v) is 5.62. The Hall–Kier alpha value is -2.33. The number of nitrogens with one attached hydrogen (secondary N) is 1. The number of rotatable bonds is 5. The second kappa shape index (κ2) is 7.05. The highest BCUT2D eigenvalue weighted by molar-refractivity contribution is 7.99. The van der Waals surface area contributed by atoms with Gasteiger partial charge in [0, 0.05) is 28.8 Å². The molecule has 0 aliphatic heterocycles. The van der Waals surface area contributed by atoms with Crippen molar-refractivity contribution in [3.8, 4) is 6.07 Å². The van der Waals surface area contributed by atoms with E-state index < -0.39 is 4.92 Å². The van der Waals surface area contributed by atoms with E-state index in [2.05, 4.69) is 23.3 Å². The van der Waals surface area contributed by atoms with Crippen LogP contribution >= 0.6 is 11.8 Å². The van der Waals surface area contributed by atoms with Gasteiger partial charge < -0.3 is 5.32 Å². The minimum atomic E-state index is -0.460. The topological polar surface area (TPSA) is 91.8 Å². The smallest absolute Gasteiger partial charge is 0.270 e. The van der Waals surface area contributed by atoms with Gasteiger partial charge in [-0.05, 0) is 30.7 Å². The normalized spacial score (nSPS) is 20.0. The van der Waals surface area contributed by atoms with E-state index in [1.54, 1.807) is 12.1 Å². The summed E-state index contributed by atoms with van der Waals surface area (Å²) in [6.07, 6.45) is 3.49. The molecule has 1 saturated carbocycles. The van der Waals surface area contributed by atoms with Crippen LogP contribution in [-0.4, -0.2) is 27.0 Å². The van der Waals surface area contributed by atoms with Crippen LogP contribution < -0.4 is 5.32 Å². The summed E-state index contributed by atoms with van der Waals surface area (Å²) in [5, 5.41) is 24.9. The molecule has 1 aromatic heterocycles.